The molecular formula is C31H48. The van der Waals surface area contributed by atoms with Crippen LogP contribution >= 0.6 is 0 Å². The minimum Gasteiger partial charge on any atom is -0.0661 e. The normalized spacial score (nSPS) is 37.4. The summed E-state index contributed by atoms with van der Waals surface area (Å²) in [7, 11) is 0. The van der Waals surface area contributed by atoms with Crippen molar-refractivity contribution in [3.63, 3.8) is 0 Å². The summed E-state index contributed by atoms with van der Waals surface area (Å²) in [4.78, 5) is 0. The first kappa shape index (κ1) is 23.1. The van der Waals surface area contributed by atoms with Crippen LogP contribution in [0.25, 0.3) is 0 Å². The Balaban J connectivity index is 1.88. The third kappa shape index (κ3) is 2.44. The lowest BCUT2D eigenvalue weighted by atomic mass is 9.40. The van der Waals surface area contributed by atoms with Gasteiger partial charge in [-0.25, -0.2) is 0 Å². The van der Waals surface area contributed by atoms with Crippen molar-refractivity contribution >= 4 is 0 Å². The first-order chi connectivity index (χ1) is 13.9. The van der Waals surface area contributed by atoms with E-state index in [-0.39, 0.29) is 10.8 Å². The Morgan fingerprint density at radius 3 is 0.903 bits per heavy atom. The molecule has 0 heteroatoms. The van der Waals surface area contributed by atoms with E-state index in [9.17, 15) is 0 Å². The summed E-state index contributed by atoms with van der Waals surface area (Å²) in [6, 6.07) is 0. The minimum absolute atomic E-state index is 0.286. The van der Waals surface area contributed by atoms with E-state index in [1.54, 1.807) is 44.6 Å². The summed E-state index contributed by atoms with van der Waals surface area (Å²) in [5, 5.41) is 0. The number of rotatable bonds is 2. The molecule has 0 spiro atoms. The Morgan fingerprint density at radius 2 is 0.613 bits per heavy atom. The smallest absolute Gasteiger partial charge is 0.00696 e. The van der Waals surface area contributed by atoms with E-state index in [1.807, 2.05) is 0 Å². The van der Waals surface area contributed by atoms with Crippen LogP contribution in [-0.2, 0) is 0 Å². The summed E-state index contributed by atoms with van der Waals surface area (Å²) >= 11 is 0. The van der Waals surface area contributed by atoms with E-state index in [4.69, 9.17) is 0 Å². The van der Waals surface area contributed by atoms with Crippen molar-refractivity contribution in [2.75, 3.05) is 0 Å². The maximum absolute atomic E-state index is 2.55. The summed E-state index contributed by atoms with van der Waals surface area (Å²) < 4.78 is 0. The Morgan fingerprint density at radius 1 is 0.387 bits per heavy atom. The van der Waals surface area contributed by atoms with E-state index in [0.717, 1.165) is 0 Å². The Kier molecular flexibility index (Phi) is 4.70. The number of allylic oxidation sites excluding steroid dienone is 8. The minimum atomic E-state index is 0.286. The van der Waals surface area contributed by atoms with Crippen LogP contribution in [0.15, 0.2) is 44.6 Å². The second-order valence-electron chi connectivity index (χ2n) is 13.9. The van der Waals surface area contributed by atoms with Gasteiger partial charge in [0.2, 0.25) is 0 Å². The molecule has 4 unspecified atom stereocenters. The van der Waals surface area contributed by atoms with Gasteiger partial charge in [-0.05, 0) is 69.6 Å². The third-order valence-corrected chi connectivity index (χ3v) is 12.1. The van der Waals surface area contributed by atoms with Crippen LogP contribution in [0.5, 0.6) is 0 Å². The molecule has 6 aliphatic carbocycles. The van der Waals surface area contributed by atoms with Crippen molar-refractivity contribution < 1.29 is 0 Å². The zero-order valence-corrected chi connectivity index (χ0v) is 23.0. The van der Waals surface area contributed by atoms with Crippen LogP contribution in [0, 0.1) is 45.3 Å². The van der Waals surface area contributed by atoms with Crippen LogP contribution < -0.4 is 0 Å². The van der Waals surface area contributed by atoms with Gasteiger partial charge in [0.05, 0.1) is 0 Å². The number of hydrogen-bond acceptors (Lipinski definition) is 0. The fourth-order valence-electron chi connectivity index (χ4n) is 9.20. The van der Waals surface area contributed by atoms with Crippen LogP contribution in [0.4, 0.5) is 0 Å². The number of hydrogen-bond donors (Lipinski definition) is 0. The van der Waals surface area contributed by atoms with Crippen molar-refractivity contribution in [1.82, 2.24) is 0 Å². The monoisotopic (exact) mass is 420 g/mol. The first-order valence-corrected chi connectivity index (χ1v) is 12.7. The standard InChI is InChI=1S/C31H48/c1-16-18(3)26-22(20(5)24(16)28(7,8)30(26,11)12)15-23-21(6)25-17(2)19(4)27(23)31(13,14)29(25,9)10/h24-27H,15H2,1-14H3. The lowest BCUT2D eigenvalue weighted by Gasteiger charge is -2.64. The second kappa shape index (κ2) is 6.30. The van der Waals surface area contributed by atoms with E-state index in [0.29, 0.717) is 34.5 Å². The molecule has 4 atom stereocenters. The van der Waals surface area contributed by atoms with Gasteiger partial charge in [-0.15, -0.1) is 0 Å². The van der Waals surface area contributed by atoms with Gasteiger partial charge in [0.1, 0.15) is 0 Å². The van der Waals surface area contributed by atoms with Gasteiger partial charge >= 0.3 is 0 Å². The fourth-order valence-corrected chi connectivity index (χ4v) is 9.20. The van der Waals surface area contributed by atoms with Gasteiger partial charge in [-0.2, -0.15) is 0 Å². The highest BCUT2D eigenvalue weighted by Crippen LogP contribution is 2.70. The lowest BCUT2D eigenvalue weighted by Crippen LogP contribution is -2.55. The van der Waals surface area contributed by atoms with E-state index in [1.165, 1.54) is 6.42 Å². The van der Waals surface area contributed by atoms with Gasteiger partial charge in [-0.3, -0.25) is 0 Å². The van der Waals surface area contributed by atoms with Crippen LogP contribution in [0.3, 0.4) is 0 Å². The molecular weight excluding hydrogens is 372 g/mol. The molecule has 0 aromatic rings. The van der Waals surface area contributed by atoms with Crippen LogP contribution in [-0.4, -0.2) is 0 Å². The molecule has 0 radical (unpaired) electrons. The highest BCUT2D eigenvalue weighted by molar-refractivity contribution is 5.52. The SMILES string of the molecule is CC1=C(C)C2C(CC3=C(C)C4C(C)=C(C)C3C(C)(C)C4(C)C)=C(C)C1C(C)(C)C2(C)C. The molecule has 0 heterocycles. The zero-order chi connectivity index (χ0) is 23.6. The highest BCUT2D eigenvalue weighted by atomic mass is 14.6. The molecule has 0 amide bonds. The largest absolute Gasteiger partial charge is 0.0661 e. The Bertz CT molecular complexity index is 899. The molecule has 0 aromatic heterocycles. The number of fused-ring (bicyclic) bond motifs is 2. The van der Waals surface area contributed by atoms with Crippen LogP contribution in [0.1, 0.15) is 103 Å². The topological polar surface area (TPSA) is 0 Å². The highest BCUT2D eigenvalue weighted by Gasteiger charge is 2.60. The Hall–Kier alpha value is -1.04. The molecule has 6 aliphatic rings. The molecule has 0 aliphatic heterocycles. The second-order valence-corrected chi connectivity index (χ2v) is 13.9. The van der Waals surface area contributed by atoms with Crippen molar-refractivity contribution in [2.45, 2.75) is 103 Å². The van der Waals surface area contributed by atoms with Crippen molar-refractivity contribution in [3.8, 4) is 0 Å². The average molecular weight is 421 g/mol. The maximum Gasteiger partial charge on any atom is 0.00696 e. The van der Waals surface area contributed by atoms with Gasteiger partial charge in [-0.1, -0.05) is 100.0 Å². The molecule has 0 N–H and O–H groups in total. The predicted molar refractivity (Wildman–Crippen MR) is 136 cm³/mol. The van der Waals surface area contributed by atoms with Crippen LogP contribution in [0.2, 0.25) is 0 Å². The van der Waals surface area contributed by atoms with E-state index < -0.39 is 0 Å². The molecule has 0 nitrogen and oxygen atoms in total. The first-order valence-electron chi connectivity index (χ1n) is 12.7. The van der Waals surface area contributed by atoms with E-state index >= 15 is 0 Å². The quantitative estimate of drug-likeness (QED) is 0.390. The molecule has 31 heavy (non-hydrogen) atoms. The maximum atomic E-state index is 2.55. The summed E-state index contributed by atoms with van der Waals surface area (Å²) in [5.74, 6) is 2.34. The van der Waals surface area contributed by atoms with Gasteiger partial charge in [0.15, 0.2) is 0 Å². The van der Waals surface area contributed by atoms with Crippen molar-refractivity contribution in [2.24, 2.45) is 45.3 Å². The third-order valence-electron chi connectivity index (χ3n) is 12.1. The van der Waals surface area contributed by atoms with Crippen molar-refractivity contribution in [3.05, 3.63) is 44.6 Å². The summed E-state index contributed by atoms with van der Waals surface area (Å²) in [5.41, 5.74) is 14.7. The molecule has 0 fully saturated rings. The lowest BCUT2D eigenvalue weighted by molar-refractivity contribution is -0.00179. The molecule has 172 valence electrons. The molecule has 0 saturated carbocycles. The molecule has 6 rings (SSSR count). The summed E-state index contributed by atoms with van der Waals surface area (Å²) in [6.45, 7) is 34.9. The fraction of sp³-hybridized carbons (Fsp3) is 0.742. The summed E-state index contributed by atoms with van der Waals surface area (Å²) in [6.07, 6.45) is 1.19. The molecule has 4 bridgehead atoms. The van der Waals surface area contributed by atoms with Gasteiger partial charge < -0.3 is 0 Å². The predicted octanol–water partition coefficient (Wildman–Crippen LogP) is 9.31. The van der Waals surface area contributed by atoms with E-state index in [2.05, 4.69) is 96.9 Å². The Labute approximate surface area is 193 Å². The van der Waals surface area contributed by atoms with Gasteiger partial charge in [0, 0.05) is 23.7 Å². The van der Waals surface area contributed by atoms with Gasteiger partial charge in [0.25, 0.3) is 0 Å². The average Bonchev–Trinajstić information content (AvgIpc) is 2.60. The van der Waals surface area contributed by atoms with Crippen molar-refractivity contribution in [1.29, 1.82) is 0 Å². The zero-order valence-electron chi connectivity index (χ0n) is 23.0. The molecule has 0 aromatic carbocycles. The molecule has 0 saturated heterocycles.